The van der Waals surface area contributed by atoms with Gasteiger partial charge in [-0.15, -0.1) is 0 Å². The molecule has 1 fully saturated rings. The van der Waals surface area contributed by atoms with Gasteiger partial charge in [0.05, 0.1) is 0 Å². The van der Waals surface area contributed by atoms with Gasteiger partial charge < -0.3 is 0 Å². The van der Waals surface area contributed by atoms with Crippen molar-refractivity contribution < 1.29 is 18.0 Å². The van der Waals surface area contributed by atoms with E-state index in [0.29, 0.717) is 56.1 Å². The number of carbonyl (C=O) groups is 1. The first-order valence-electron chi connectivity index (χ1n) is 11.7. The Morgan fingerprint density at radius 2 is 1.58 bits per heavy atom. The van der Waals surface area contributed by atoms with Crippen molar-refractivity contribution in [3.05, 3.63) is 98.7 Å². The summed E-state index contributed by atoms with van der Waals surface area (Å²) < 4.78 is 41.9. The quantitative estimate of drug-likeness (QED) is 0.264. The second-order valence-corrected chi connectivity index (χ2v) is 10.9. The van der Waals surface area contributed by atoms with E-state index in [9.17, 15) is 22.8 Å². The molecule has 0 atom stereocenters. The summed E-state index contributed by atoms with van der Waals surface area (Å²) in [5, 5.41) is 0. The third-order valence-corrected chi connectivity index (χ3v) is 8.49. The molecule has 0 amide bonds. The minimum atomic E-state index is -4.35. The maximum atomic E-state index is 13.0. The number of benzene rings is 3. The van der Waals surface area contributed by atoms with E-state index >= 15 is 0 Å². The molecule has 5 nitrogen and oxygen atoms in total. The van der Waals surface area contributed by atoms with Gasteiger partial charge in [0.1, 0.15) is 0 Å². The zero-order valence-electron chi connectivity index (χ0n) is 19.4. The second-order valence-electron chi connectivity index (χ2n) is 8.77. The van der Waals surface area contributed by atoms with Crippen LogP contribution in [0, 0.1) is 0 Å². The number of anilines is 1. The van der Waals surface area contributed by atoms with Crippen LogP contribution in [0.2, 0.25) is 0 Å². The number of rotatable bonds is 6. The number of aromatic nitrogens is 1. The van der Waals surface area contributed by atoms with Crippen LogP contribution in [0.5, 0.6) is 0 Å². The van der Waals surface area contributed by atoms with Crippen molar-refractivity contribution in [2.24, 2.45) is 0 Å². The summed E-state index contributed by atoms with van der Waals surface area (Å²) in [5.74, 6) is -0.0567. The van der Waals surface area contributed by atoms with E-state index in [1.165, 1.54) is 12.1 Å². The molecule has 36 heavy (non-hydrogen) atoms. The van der Waals surface area contributed by atoms with Gasteiger partial charge in [-0.05, 0) is 0 Å². The number of piperazine rings is 1. The van der Waals surface area contributed by atoms with Crippen LogP contribution in [-0.4, -0.2) is 62.5 Å². The van der Waals surface area contributed by atoms with Gasteiger partial charge in [0.2, 0.25) is 0 Å². The summed E-state index contributed by atoms with van der Waals surface area (Å²) in [4.78, 5) is 29.7. The van der Waals surface area contributed by atoms with Crippen molar-refractivity contribution in [3.63, 3.8) is 0 Å². The van der Waals surface area contributed by atoms with E-state index in [1.807, 2.05) is 35.2 Å². The summed E-state index contributed by atoms with van der Waals surface area (Å²) >= 11 is -0.371. The summed E-state index contributed by atoms with van der Waals surface area (Å²) in [7, 11) is 0. The molecular weight excluding hydrogens is 534 g/mol. The number of carbonyl (C=O) groups excluding carboxylic acids is 1. The molecule has 0 aliphatic carbocycles. The molecule has 1 aliphatic heterocycles. The average molecular weight is 558 g/mol. The number of hydrogen-bond donors (Lipinski definition) is 0. The predicted molar refractivity (Wildman–Crippen MR) is 135 cm³/mol. The zero-order chi connectivity index (χ0) is 25.3. The third kappa shape index (κ3) is 5.19. The van der Waals surface area contributed by atoms with E-state index in [2.05, 4.69) is 4.90 Å². The topological polar surface area (TPSA) is 45.6 Å². The van der Waals surface area contributed by atoms with Crippen molar-refractivity contribution in [3.8, 4) is 0 Å². The molecule has 9 heteroatoms. The fourth-order valence-electron chi connectivity index (χ4n) is 4.53. The van der Waals surface area contributed by atoms with E-state index in [4.69, 9.17) is 0 Å². The van der Waals surface area contributed by atoms with E-state index in [-0.39, 0.29) is 24.7 Å². The predicted octanol–water partition coefficient (Wildman–Crippen LogP) is 4.13. The summed E-state index contributed by atoms with van der Waals surface area (Å²) in [6, 6.07) is 20.0. The molecule has 0 bridgehead atoms. The molecule has 0 N–H and O–H groups in total. The van der Waals surface area contributed by atoms with E-state index < -0.39 is 11.7 Å². The molecule has 0 radical (unpaired) electrons. The van der Waals surface area contributed by atoms with E-state index in [1.54, 1.807) is 28.8 Å². The number of alkyl halides is 3. The molecule has 1 aliphatic rings. The summed E-state index contributed by atoms with van der Waals surface area (Å²) in [5.41, 5.74) is 2.02. The molecule has 0 unspecified atom stereocenters. The summed E-state index contributed by atoms with van der Waals surface area (Å²) in [6.45, 7) is 3.90. The Labute approximate surface area is 212 Å². The molecule has 2 heterocycles. The van der Waals surface area contributed by atoms with Crippen LogP contribution < -0.4 is 9.33 Å². The molecule has 1 aromatic heterocycles. The van der Waals surface area contributed by atoms with Gasteiger partial charge in [0.25, 0.3) is 0 Å². The third-order valence-electron chi connectivity index (χ3n) is 6.52. The van der Waals surface area contributed by atoms with Crippen molar-refractivity contribution >= 4 is 35.8 Å². The molecule has 4 aromatic rings. The van der Waals surface area contributed by atoms with Crippen molar-refractivity contribution in [2.45, 2.75) is 12.7 Å². The van der Waals surface area contributed by atoms with Crippen LogP contribution in [-0.2, 0) is 12.7 Å². The van der Waals surface area contributed by atoms with Crippen LogP contribution in [0.3, 0.4) is 0 Å². The van der Waals surface area contributed by atoms with Gasteiger partial charge in [-0.2, -0.15) is 13.2 Å². The normalized spacial score (nSPS) is 14.9. The average Bonchev–Trinajstić information content (AvgIpc) is 3.21. The number of fused-ring (bicyclic) bond motifs is 1. The molecular formula is C27H24F3N3O2Se. The monoisotopic (exact) mass is 559 g/mol. The first-order valence-corrected chi connectivity index (χ1v) is 13.4. The van der Waals surface area contributed by atoms with E-state index in [0.717, 1.165) is 15.8 Å². The Morgan fingerprint density at radius 3 is 2.31 bits per heavy atom. The molecule has 0 saturated carbocycles. The van der Waals surface area contributed by atoms with Crippen LogP contribution in [0.1, 0.15) is 21.5 Å². The van der Waals surface area contributed by atoms with Gasteiger partial charge >= 0.3 is 199 Å². The number of hydrogen-bond acceptors (Lipinski definition) is 4. The Morgan fingerprint density at radius 1 is 0.833 bits per heavy atom. The summed E-state index contributed by atoms with van der Waals surface area (Å²) in [6.07, 6.45) is -4.35. The molecule has 1 saturated heterocycles. The van der Waals surface area contributed by atoms with Gasteiger partial charge in [-0.25, -0.2) is 0 Å². The number of nitrogens with zero attached hydrogens (tertiary/aromatic N) is 3. The molecule has 0 spiro atoms. The SMILES string of the molecule is O=C(c1ccccc1)c1ccc2c(c1)[se]c(=O)n2CCN1CCN(c2cccc(C(F)(F)F)c2)CC1. The van der Waals surface area contributed by atoms with Gasteiger partial charge in [0, 0.05) is 0 Å². The van der Waals surface area contributed by atoms with Crippen LogP contribution in [0.15, 0.2) is 77.6 Å². The van der Waals surface area contributed by atoms with Crippen LogP contribution in [0.25, 0.3) is 9.78 Å². The van der Waals surface area contributed by atoms with Crippen molar-refractivity contribution in [2.75, 3.05) is 37.6 Å². The number of ketones is 1. The van der Waals surface area contributed by atoms with Crippen molar-refractivity contribution in [1.29, 1.82) is 0 Å². The maximum absolute atomic E-state index is 13.0. The Bertz CT molecular complexity index is 1440. The van der Waals surface area contributed by atoms with Crippen molar-refractivity contribution in [1.82, 2.24) is 9.47 Å². The Balaban J connectivity index is 1.23. The second kappa shape index (κ2) is 10.1. The first-order chi connectivity index (χ1) is 17.3. The minimum absolute atomic E-state index is 0.0567. The molecule has 3 aromatic carbocycles. The van der Waals surface area contributed by atoms with Gasteiger partial charge in [-0.3, -0.25) is 0 Å². The molecule has 5 rings (SSSR count). The Hall–Kier alpha value is -3.13. The fraction of sp³-hybridized carbons (Fsp3) is 0.259. The Kier molecular flexibility index (Phi) is 6.88. The standard InChI is InChI=1S/C27H24F3N3O2Se/c28-27(29,30)21-7-4-8-22(18-21)32-14-11-31(12-15-32)13-16-33-23-10-9-20(17-24(23)36-26(33)35)25(34)19-5-2-1-3-6-19/h1-10,17-18H,11-16H2. The number of halogens is 3. The van der Waals surface area contributed by atoms with Gasteiger partial charge in [-0.1, -0.05) is 0 Å². The first kappa shape index (κ1) is 24.6. The fourth-order valence-corrected chi connectivity index (χ4v) is 6.53. The van der Waals surface area contributed by atoms with Crippen LogP contribution in [0.4, 0.5) is 18.9 Å². The van der Waals surface area contributed by atoms with Crippen LogP contribution >= 0.6 is 0 Å². The van der Waals surface area contributed by atoms with Gasteiger partial charge in [0.15, 0.2) is 0 Å². The molecule has 186 valence electrons. The zero-order valence-corrected chi connectivity index (χ0v) is 21.1.